The molecular formula is C15H13NO6S. The third-order valence-electron chi connectivity index (χ3n) is 2.82. The number of nitrogens with zero attached hydrogens (tertiary/aromatic N) is 1. The molecule has 0 radical (unpaired) electrons. The van der Waals surface area contributed by atoms with E-state index < -0.39 is 17.5 Å². The summed E-state index contributed by atoms with van der Waals surface area (Å²) in [5.74, 6) is -1.06. The summed E-state index contributed by atoms with van der Waals surface area (Å²) in [7, 11) is 0. The first-order chi connectivity index (χ1) is 11.0. The van der Waals surface area contributed by atoms with E-state index in [4.69, 9.17) is 9.47 Å². The third kappa shape index (κ3) is 4.13. The van der Waals surface area contributed by atoms with Gasteiger partial charge in [-0.2, -0.15) is 0 Å². The van der Waals surface area contributed by atoms with E-state index in [9.17, 15) is 19.7 Å². The molecule has 1 aromatic carbocycles. The fourth-order valence-electron chi connectivity index (χ4n) is 1.79. The monoisotopic (exact) mass is 335 g/mol. The van der Waals surface area contributed by atoms with Gasteiger partial charge in [-0.1, -0.05) is 6.07 Å². The highest BCUT2D eigenvalue weighted by Gasteiger charge is 2.20. The first-order valence-corrected chi connectivity index (χ1v) is 7.56. The van der Waals surface area contributed by atoms with Gasteiger partial charge in [0.15, 0.2) is 12.4 Å². The van der Waals surface area contributed by atoms with Gasteiger partial charge in [0.25, 0.3) is 0 Å². The van der Waals surface area contributed by atoms with Gasteiger partial charge in [-0.05, 0) is 30.5 Å². The molecule has 0 fully saturated rings. The molecule has 7 nitrogen and oxygen atoms in total. The van der Waals surface area contributed by atoms with Gasteiger partial charge >= 0.3 is 11.7 Å². The van der Waals surface area contributed by atoms with Crippen LogP contribution in [-0.2, 0) is 4.74 Å². The zero-order valence-electron chi connectivity index (χ0n) is 12.2. The van der Waals surface area contributed by atoms with Crippen LogP contribution in [0.3, 0.4) is 0 Å². The van der Waals surface area contributed by atoms with Crippen LogP contribution in [0.5, 0.6) is 5.75 Å². The number of ketones is 1. The normalized spacial score (nSPS) is 10.1. The quantitative estimate of drug-likeness (QED) is 0.334. The summed E-state index contributed by atoms with van der Waals surface area (Å²) in [4.78, 5) is 34.5. The van der Waals surface area contributed by atoms with Gasteiger partial charge in [0.1, 0.15) is 0 Å². The molecule has 0 aliphatic carbocycles. The van der Waals surface area contributed by atoms with Crippen LogP contribution in [0, 0.1) is 10.1 Å². The summed E-state index contributed by atoms with van der Waals surface area (Å²) in [6, 6.07) is 7.11. The van der Waals surface area contributed by atoms with Crippen molar-refractivity contribution in [1.29, 1.82) is 0 Å². The minimum atomic E-state index is -0.805. The molecule has 0 N–H and O–H groups in total. The van der Waals surface area contributed by atoms with Gasteiger partial charge < -0.3 is 9.47 Å². The zero-order chi connectivity index (χ0) is 16.8. The Morgan fingerprint density at radius 3 is 2.70 bits per heavy atom. The molecule has 0 amide bonds. The lowest BCUT2D eigenvalue weighted by Crippen LogP contribution is -2.13. The minimum Gasteiger partial charge on any atom is -0.487 e. The number of hydrogen-bond donors (Lipinski definition) is 0. The third-order valence-corrected chi connectivity index (χ3v) is 3.73. The van der Waals surface area contributed by atoms with Crippen LogP contribution in [-0.4, -0.2) is 29.9 Å². The van der Waals surface area contributed by atoms with Crippen molar-refractivity contribution in [2.75, 3.05) is 13.2 Å². The molecule has 0 bridgehead atoms. The van der Waals surface area contributed by atoms with Crippen molar-refractivity contribution in [3.63, 3.8) is 0 Å². The van der Waals surface area contributed by atoms with Gasteiger partial charge in [0.05, 0.1) is 22.0 Å². The highest BCUT2D eigenvalue weighted by molar-refractivity contribution is 7.12. The summed E-state index contributed by atoms with van der Waals surface area (Å²) in [6.45, 7) is 1.54. The standard InChI is InChI=1S/C15H13NO6S/c1-2-21-13-6-5-10(8-11(13)16(19)20)15(18)22-9-12(17)14-4-3-7-23-14/h3-8H,2,9H2,1H3. The number of ether oxygens (including phenoxy) is 2. The molecular weight excluding hydrogens is 322 g/mol. The highest BCUT2D eigenvalue weighted by Crippen LogP contribution is 2.28. The SMILES string of the molecule is CCOc1ccc(C(=O)OCC(=O)c2cccs2)cc1[N+](=O)[O-]. The maximum absolute atomic E-state index is 11.9. The highest BCUT2D eigenvalue weighted by atomic mass is 32.1. The Morgan fingerprint density at radius 2 is 2.09 bits per heavy atom. The van der Waals surface area contributed by atoms with Crippen LogP contribution in [0.4, 0.5) is 5.69 Å². The van der Waals surface area contributed by atoms with E-state index in [0.29, 0.717) is 4.88 Å². The Hall–Kier alpha value is -2.74. The number of Topliss-reactive ketones (excluding diaryl/α,β-unsaturated/α-hetero) is 1. The molecule has 0 saturated heterocycles. The zero-order valence-corrected chi connectivity index (χ0v) is 13.0. The lowest BCUT2D eigenvalue weighted by molar-refractivity contribution is -0.385. The van der Waals surface area contributed by atoms with Gasteiger partial charge in [-0.25, -0.2) is 4.79 Å². The van der Waals surface area contributed by atoms with E-state index in [1.54, 1.807) is 24.4 Å². The van der Waals surface area contributed by atoms with E-state index in [0.717, 1.165) is 6.07 Å². The molecule has 2 rings (SSSR count). The topological polar surface area (TPSA) is 95.7 Å². The molecule has 1 heterocycles. The van der Waals surface area contributed by atoms with Crippen LogP contribution < -0.4 is 4.74 Å². The van der Waals surface area contributed by atoms with Crippen LogP contribution in [0.1, 0.15) is 27.0 Å². The van der Waals surface area contributed by atoms with Crippen molar-refractivity contribution in [1.82, 2.24) is 0 Å². The van der Waals surface area contributed by atoms with Crippen molar-refractivity contribution in [2.45, 2.75) is 6.92 Å². The van der Waals surface area contributed by atoms with Gasteiger partial charge in [-0.3, -0.25) is 14.9 Å². The Kier molecular flexibility index (Phi) is 5.42. The Bertz CT molecular complexity index is 726. The molecule has 2 aromatic rings. The average molecular weight is 335 g/mol. The van der Waals surface area contributed by atoms with Gasteiger partial charge in [-0.15, -0.1) is 11.3 Å². The van der Waals surface area contributed by atoms with Crippen LogP contribution in [0.2, 0.25) is 0 Å². The van der Waals surface area contributed by atoms with Crippen LogP contribution >= 0.6 is 11.3 Å². The lowest BCUT2D eigenvalue weighted by Gasteiger charge is -2.06. The fourth-order valence-corrected chi connectivity index (χ4v) is 2.44. The average Bonchev–Trinajstić information content (AvgIpc) is 3.07. The number of esters is 1. The van der Waals surface area contributed by atoms with E-state index in [1.165, 1.54) is 23.5 Å². The Balaban J connectivity index is 2.08. The van der Waals surface area contributed by atoms with Crippen molar-refractivity contribution in [3.8, 4) is 5.75 Å². The van der Waals surface area contributed by atoms with E-state index in [2.05, 4.69) is 0 Å². The number of nitro benzene ring substituents is 1. The summed E-state index contributed by atoms with van der Waals surface area (Å²) >= 11 is 1.25. The number of thiophene rings is 1. The summed E-state index contributed by atoms with van der Waals surface area (Å²) in [6.07, 6.45) is 0. The number of benzene rings is 1. The largest absolute Gasteiger partial charge is 0.487 e. The molecule has 8 heteroatoms. The first-order valence-electron chi connectivity index (χ1n) is 6.68. The van der Waals surface area contributed by atoms with Crippen LogP contribution in [0.25, 0.3) is 0 Å². The van der Waals surface area contributed by atoms with Crippen molar-refractivity contribution < 1.29 is 24.0 Å². The van der Waals surface area contributed by atoms with Gasteiger partial charge in [0, 0.05) is 6.07 Å². The van der Waals surface area contributed by atoms with E-state index in [1.807, 2.05) is 0 Å². The summed E-state index contributed by atoms with van der Waals surface area (Å²) < 4.78 is 10.0. The molecule has 0 unspecified atom stereocenters. The Labute approximate surface area is 135 Å². The number of nitro groups is 1. The minimum absolute atomic E-state index is 0.0147. The Morgan fingerprint density at radius 1 is 1.30 bits per heavy atom. The van der Waals surface area contributed by atoms with Crippen molar-refractivity contribution in [2.24, 2.45) is 0 Å². The van der Waals surface area contributed by atoms with E-state index in [-0.39, 0.29) is 29.4 Å². The molecule has 0 atom stereocenters. The van der Waals surface area contributed by atoms with Crippen LogP contribution in [0.15, 0.2) is 35.7 Å². The number of rotatable bonds is 7. The molecule has 0 saturated carbocycles. The lowest BCUT2D eigenvalue weighted by atomic mass is 10.2. The first kappa shape index (κ1) is 16.6. The predicted octanol–water partition coefficient (Wildman–Crippen LogP) is 3.09. The maximum atomic E-state index is 11.9. The second-order valence-electron chi connectivity index (χ2n) is 4.35. The molecule has 120 valence electrons. The molecule has 0 aliphatic heterocycles. The second-order valence-corrected chi connectivity index (χ2v) is 5.30. The predicted molar refractivity (Wildman–Crippen MR) is 83.2 cm³/mol. The van der Waals surface area contributed by atoms with Crippen molar-refractivity contribution in [3.05, 3.63) is 56.3 Å². The summed E-state index contributed by atoms with van der Waals surface area (Å²) in [5, 5.41) is 12.8. The number of carbonyl (C=O) groups is 2. The smallest absolute Gasteiger partial charge is 0.338 e. The molecule has 23 heavy (non-hydrogen) atoms. The number of hydrogen-bond acceptors (Lipinski definition) is 7. The molecule has 0 spiro atoms. The molecule has 1 aromatic heterocycles. The second kappa shape index (κ2) is 7.50. The summed E-state index contributed by atoms with van der Waals surface area (Å²) in [5.41, 5.74) is -0.343. The fraction of sp³-hybridized carbons (Fsp3) is 0.200. The van der Waals surface area contributed by atoms with E-state index >= 15 is 0 Å². The number of carbonyl (C=O) groups excluding carboxylic acids is 2. The molecule has 0 aliphatic rings. The van der Waals surface area contributed by atoms with Crippen molar-refractivity contribution >= 4 is 28.8 Å². The maximum Gasteiger partial charge on any atom is 0.338 e. The van der Waals surface area contributed by atoms with Gasteiger partial charge in [0.2, 0.25) is 5.78 Å².